The van der Waals surface area contributed by atoms with Crippen LogP contribution >= 0.6 is 0 Å². The van der Waals surface area contributed by atoms with Crippen molar-refractivity contribution in [2.45, 2.75) is 32.6 Å². The third-order valence-corrected chi connectivity index (χ3v) is 4.64. The summed E-state index contributed by atoms with van der Waals surface area (Å²) in [6.07, 6.45) is 6.10. The van der Waals surface area contributed by atoms with Crippen LogP contribution in [0.5, 0.6) is 0 Å². The van der Waals surface area contributed by atoms with Crippen LogP contribution in [0.2, 0.25) is 0 Å². The third-order valence-electron chi connectivity index (χ3n) is 4.64. The summed E-state index contributed by atoms with van der Waals surface area (Å²) >= 11 is 0. The van der Waals surface area contributed by atoms with E-state index in [-0.39, 0.29) is 0 Å². The molecule has 2 fully saturated rings. The quantitative estimate of drug-likeness (QED) is 0.670. The minimum absolute atomic E-state index is 0.371. The molecule has 2 saturated heterocycles. The van der Waals surface area contributed by atoms with E-state index in [1.165, 1.54) is 12.8 Å². The lowest BCUT2D eigenvalue weighted by Gasteiger charge is -2.25. The van der Waals surface area contributed by atoms with Gasteiger partial charge < -0.3 is 19.4 Å². The predicted octanol–water partition coefficient (Wildman–Crippen LogP) is 2.29. The minimum atomic E-state index is 0.371. The van der Waals surface area contributed by atoms with Gasteiger partial charge in [0.1, 0.15) is 5.76 Å². The molecule has 1 aromatic heterocycles. The average Bonchev–Trinajstić information content (AvgIpc) is 3.26. The van der Waals surface area contributed by atoms with E-state index in [0.29, 0.717) is 5.41 Å². The predicted molar refractivity (Wildman–Crippen MR) is 87.1 cm³/mol. The number of ether oxygens (including phenoxy) is 1. The van der Waals surface area contributed by atoms with Gasteiger partial charge in [0.2, 0.25) is 0 Å². The first-order chi connectivity index (χ1) is 10.8. The highest BCUT2D eigenvalue weighted by Gasteiger charge is 2.42. The molecule has 3 heterocycles. The molecule has 0 radical (unpaired) electrons. The fraction of sp³-hybridized carbons (Fsp3) is 0.706. The molecule has 0 aliphatic carbocycles. The Morgan fingerprint density at radius 3 is 3.14 bits per heavy atom. The van der Waals surface area contributed by atoms with Crippen LogP contribution < -0.4 is 5.32 Å². The second kappa shape index (κ2) is 7.18. The Hall–Kier alpha value is -1.49. The topological polar surface area (TPSA) is 50.0 Å². The number of guanidine groups is 1. The van der Waals surface area contributed by atoms with Crippen molar-refractivity contribution in [2.75, 3.05) is 39.4 Å². The fourth-order valence-electron chi connectivity index (χ4n) is 3.33. The highest BCUT2D eigenvalue weighted by Crippen LogP contribution is 2.38. The Balaban J connectivity index is 1.55. The first kappa shape index (κ1) is 15.4. The van der Waals surface area contributed by atoms with E-state index in [4.69, 9.17) is 14.1 Å². The molecule has 1 unspecified atom stereocenters. The molecule has 2 aliphatic rings. The van der Waals surface area contributed by atoms with Crippen LogP contribution in [-0.2, 0) is 11.2 Å². The molecular formula is C17H27N3O2. The number of nitrogens with zero attached hydrogens (tertiary/aromatic N) is 2. The Morgan fingerprint density at radius 1 is 1.45 bits per heavy atom. The largest absolute Gasteiger partial charge is 0.469 e. The van der Waals surface area contributed by atoms with Gasteiger partial charge >= 0.3 is 0 Å². The summed E-state index contributed by atoms with van der Waals surface area (Å²) in [5, 5.41) is 3.52. The van der Waals surface area contributed by atoms with Gasteiger partial charge in [0.15, 0.2) is 5.96 Å². The Morgan fingerprint density at radius 2 is 2.41 bits per heavy atom. The molecular weight excluding hydrogens is 278 g/mol. The number of hydrogen-bond acceptors (Lipinski definition) is 3. The van der Waals surface area contributed by atoms with Crippen LogP contribution in [0.4, 0.5) is 0 Å². The molecule has 0 bridgehead atoms. The van der Waals surface area contributed by atoms with E-state index >= 15 is 0 Å². The number of aliphatic imine (C=N–C) groups is 1. The standard InChI is InChI=1S/C17H27N3O2/c1-2-8-18-16(19-9-5-15-4-3-11-22-15)20-10-6-17(13-20)7-12-21-14-17/h3-4,11H,2,5-10,12-14H2,1H3,(H,18,19). The number of furan rings is 1. The molecule has 5 nitrogen and oxygen atoms in total. The number of rotatable bonds is 5. The summed E-state index contributed by atoms with van der Waals surface area (Å²) in [7, 11) is 0. The summed E-state index contributed by atoms with van der Waals surface area (Å²) in [6, 6.07) is 3.96. The zero-order chi connectivity index (χ0) is 15.3. The number of nitrogens with one attached hydrogen (secondary N) is 1. The van der Waals surface area contributed by atoms with Gasteiger partial charge in [-0.25, -0.2) is 0 Å². The van der Waals surface area contributed by atoms with Crippen LogP contribution in [0.15, 0.2) is 27.8 Å². The summed E-state index contributed by atoms with van der Waals surface area (Å²) in [4.78, 5) is 7.17. The zero-order valence-electron chi connectivity index (χ0n) is 13.5. The lowest BCUT2D eigenvalue weighted by Crippen LogP contribution is -2.42. The van der Waals surface area contributed by atoms with Crippen molar-refractivity contribution in [1.82, 2.24) is 10.2 Å². The van der Waals surface area contributed by atoms with Gasteiger partial charge in [-0.1, -0.05) is 6.92 Å². The molecule has 1 atom stereocenters. The molecule has 3 rings (SSSR count). The van der Waals surface area contributed by atoms with Crippen LogP contribution in [-0.4, -0.2) is 50.3 Å². The van der Waals surface area contributed by atoms with Crippen molar-refractivity contribution in [3.8, 4) is 0 Å². The van der Waals surface area contributed by atoms with Gasteiger partial charge in [-0.2, -0.15) is 0 Å². The molecule has 22 heavy (non-hydrogen) atoms. The summed E-state index contributed by atoms with van der Waals surface area (Å²) in [5.41, 5.74) is 0.371. The van der Waals surface area contributed by atoms with Crippen molar-refractivity contribution >= 4 is 5.96 Å². The molecule has 0 aromatic carbocycles. The maximum Gasteiger partial charge on any atom is 0.193 e. The van der Waals surface area contributed by atoms with Gasteiger partial charge in [-0.05, 0) is 31.4 Å². The summed E-state index contributed by atoms with van der Waals surface area (Å²) < 4.78 is 11.0. The molecule has 1 N–H and O–H groups in total. The van der Waals surface area contributed by atoms with E-state index < -0.39 is 0 Å². The van der Waals surface area contributed by atoms with Crippen LogP contribution in [0.3, 0.4) is 0 Å². The van der Waals surface area contributed by atoms with E-state index in [1.54, 1.807) is 6.26 Å². The van der Waals surface area contributed by atoms with Crippen molar-refractivity contribution < 1.29 is 9.15 Å². The van der Waals surface area contributed by atoms with Crippen molar-refractivity contribution in [3.63, 3.8) is 0 Å². The Kier molecular flexibility index (Phi) is 5.03. The van der Waals surface area contributed by atoms with Gasteiger partial charge in [0.25, 0.3) is 0 Å². The highest BCUT2D eigenvalue weighted by atomic mass is 16.5. The highest BCUT2D eigenvalue weighted by molar-refractivity contribution is 5.80. The number of hydrogen-bond donors (Lipinski definition) is 1. The van der Waals surface area contributed by atoms with E-state index in [2.05, 4.69) is 17.1 Å². The summed E-state index contributed by atoms with van der Waals surface area (Å²) in [6.45, 7) is 7.89. The second-order valence-electron chi connectivity index (χ2n) is 6.44. The van der Waals surface area contributed by atoms with Gasteiger partial charge in [-0.15, -0.1) is 0 Å². The molecule has 2 aliphatic heterocycles. The monoisotopic (exact) mass is 305 g/mol. The van der Waals surface area contributed by atoms with Crippen molar-refractivity contribution in [2.24, 2.45) is 10.4 Å². The minimum Gasteiger partial charge on any atom is -0.469 e. The third kappa shape index (κ3) is 3.64. The zero-order valence-corrected chi connectivity index (χ0v) is 13.5. The molecule has 0 saturated carbocycles. The molecule has 122 valence electrons. The van der Waals surface area contributed by atoms with Gasteiger partial charge in [-0.3, -0.25) is 4.99 Å². The van der Waals surface area contributed by atoms with Crippen LogP contribution in [0.1, 0.15) is 31.9 Å². The SMILES string of the molecule is CCCN=C(NCCc1ccco1)N1CCC2(CCOC2)C1. The molecule has 5 heteroatoms. The normalized spacial score (nSPS) is 25.3. The second-order valence-corrected chi connectivity index (χ2v) is 6.44. The Labute approximate surface area is 132 Å². The molecule has 1 spiro atoms. The maximum absolute atomic E-state index is 5.62. The summed E-state index contributed by atoms with van der Waals surface area (Å²) in [5.74, 6) is 2.07. The van der Waals surface area contributed by atoms with Crippen LogP contribution in [0.25, 0.3) is 0 Å². The maximum atomic E-state index is 5.62. The van der Waals surface area contributed by atoms with Gasteiger partial charge in [0, 0.05) is 44.6 Å². The van der Waals surface area contributed by atoms with Crippen LogP contribution in [0, 0.1) is 5.41 Å². The fourth-order valence-corrected chi connectivity index (χ4v) is 3.33. The number of likely N-dealkylation sites (tertiary alicyclic amines) is 1. The van der Waals surface area contributed by atoms with Crippen molar-refractivity contribution in [1.29, 1.82) is 0 Å². The lowest BCUT2D eigenvalue weighted by molar-refractivity contribution is 0.156. The van der Waals surface area contributed by atoms with E-state index in [1.807, 2.05) is 12.1 Å². The molecule has 1 aromatic rings. The molecule has 0 amide bonds. The first-order valence-electron chi connectivity index (χ1n) is 8.45. The first-order valence-corrected chi connectivity index (χ1v) is 8.45. The lowest BCUT2D eigenvalue weighted by atomic mass is 9.87. The van der Waals surface area contributed by atoms with Gasteiger partial charge in [0.05, 0.1) is 12.9 Å². The van der Waals surface area contributed by atoms with Crippen molar-refractivity contribution in [3.05, 3.63) is 24.2 Å². The van der Waals surface area contributed by atoms with E-state index in [0.717, 1.165) is 64.0 Å². The average molecular weight is 305 g/mol. The smallest absolute Gasteiger partial charge is 0.193 e. The van der Waals surface area contributed by atoms with E-state index in [9.17, 15) is 0 Å². The Bertz CT molecular complexity index is 478.